The number of halogens is 3. The van der Waals surface area contributed by atoms with Crippen LogP contribution in [0.1, 0.15) is 11.6 Å². The predicted molar refractivity (Wildman–Crippen MR) is 55.5 cm³/mol. The maximum atomic E-state index is 12.4. The van der Waals surface area contributed by atoms with Crippen LogP contribution in [-0.4, -0.2) is 6.18 Å². The van der Waals surface area contributed by atoms with Gasteiger partial charge in [-0.25, -0.2) is 4.79 Å². The van der Waals surface area contributed by atoms with Gasteiger partial charge < -0.3 is 10.2 Å². The van der Waals surface area contributed by atoms with Crippen LogP contribution in [-0.2, 0) is 0 Å². The summed E-state index contributed by atoms with van der Waals surface area (Å²) in [4.78, 5) is 10.9. The first kappa shape index (κ1) is 11.7. The Kier molecular flexibility index (Phi) is 2.66. The number of nitrogens with two attached hydrogens (primary N) is 1. The zero-order valence-corrected chi connectivity index (χ0v) is 8.49. The molecule has 0 saturated carbocycles. The van der Waals surface area contributed by atoms with Crippen LogP contribution in [0.4, 0.5) is 13.2 Å². The van der Waals surface area contributed by atoms with E-state index >= 15 is 0 Å². The van der Waals surface area contributed by atoms with Gasteiger partial charge in [0.2, 0.25) is 0 Å². The van der Waals surface area contributed by atoms with Crippen molar-refractivity contribution in [2.75, 3.05) is 0 Å². The number of hydrogen-bond donors (Lipinski definition) is 1. The molecular formula is C11H8F3NO2. The molecule has 6 heteroatoms. The molecule has 2 N–H and O–H groups in total. The van der Waals surface area contributed by atoms with Crippen molar-refractivity contribution in [2.24, 2.45) is 5.73 Å². The molecule has 1 atom stereocenters. The molecule has 2 rings (SSSR count). The van der Waals surface area contributed by atoms with Crippen LogP contribution in [0.2, 0.25) is 0 Å². The summed E-state index contributed by atoms with van der Waals surface area (Å²) in [6.07, 6.45) is -4.50. The maximum Gasteiger partial charge on any atom is 0.407 e. The molecule has 0 aliphatic carbocycles. The number of fused-ring (bicyclic) bond motifs is 1. The van der Waals surface area contributed by atoms with Gasteiger partial charge >= 0.3 is 11.8 Å². The fourth-order valence-corrected chi connectivity index (χ4v) is 1.47. The molecule has 2 aromatic rings. The Morgan fingerprint density at radius 3 is 2.53 bits per heavy atom. The lowest BCUT2D eigenvalue weighted by Gasteiger charge is -2.15. The second kappa shape index (κ2) is 3.89. The Labute approximate surface area is 93.6 Å². The number of rotatable bonds is 1. The van der Waals surface area contributed by atoms with Gasteiger partial charge in [-0.2, -0.15) is 13.2 Å². The Bertz CT molecular complexity index is 603. The molecule has 0 fully saturated rings. The van der Waals surface area contributed by atoms with Gasteiger partial charge in [-0.1, -0.05) is 6.07 Å². The molecule has 90 valence electrons. The Morgan fingerprint density at radius 2 is 1.88 bits per heavy atom. The summed E-state index contributed by atoms with van der Waals surface area (Å²) in [5, 5.41) is 0.404. The van der Waals surface area contributed by atoms with Gasteiger partial charge in [0.05, 0.1) is 0 Å². The SMILES string of the molecule is N[C@H](c1ccc2oc(=O)ccc2c1)C(F)(F)F. The molecular weight excluding hydrogens is 235 g/mol. The highest BCUT2D eigenvalue weighted by atomic mass is 19.4. The van der Waals surface area contributed by atoms with E-state index in [4.69, 9.17) is 10.2 Å². The van der Waals surface area contributed by atoms with Crippen LogP contribution < -0.4 is 11.4 Å². The Morgan fingerprint density at radius 1 is 1.18 bits per heavy atom. The summed E-state index contributed by atoms with van der Waals surface area (Å²) >= 11 is 0. The summed E-state index contributed by atoms with van der Waals surface area (Å²) in [7, 11) is 0. The average molecular weight is 243 g/mol. The fourth-order valence-electron chi connectivity index (χ4n) is 1.47. The molecule has 1 aromatic carbocycles. The van der Waals surface area contributed by atoms with Crippen LogP contribution in [0.5, 0.6) is 0 Å². The molecule has 0 aliphatic rings. The van der Waals surface area contributed by atoms with E-state index in [0.717, 1.165) is 6.07 Å². The fraction of sp³-hybridized carbons (Fsp3) is 0.182. The summed E-state index contributed by atoms with van der Waals surface area (Å²) in [5.41, 5.74) is 4.69. The van der Waals surface area contributed by atoms with Gasteiger partial charge in [0.25, 0.3) is 0 Å². The number of benzene rings is 1. The average Bonchev–Trinajstić information content (AvgIpc) is 2.26. The van der Waals surface area contributed by atoms with Crippen molar-refractivity contribution in [3.63, 3.8) is 0 Å². The van der Waals surface area contributed by atoms with Gasteiger partial charge in [-0.15, -0.1) is 0 Å². The monoisotopic (exact) mass is 243 g/mol. The van der Waals surface area contributed by atoms with Crippen LogP contribution >= 0.6 is 0 Å². The minimum absolute atomic E-state index is 0.0705. The maximum absolute atomic E-state index is 12.4. The highest BCUT2D eigenvalue weighted by Gasteiger charge is 2.37. The lowest BCUT2D eigenvalue weighted by Crippen LogP contribution is -2.28. The molecule has 1 heterocycles. The zero-order chi connectivity index (χ0) is 12.6. The second-order valence-electron chi connectivity index (χ2n) is 3.57. The summed E-state index contributed by atoms with van der Waals surface area (Å²) < 4.78 is 42.0. The third kappa shape index (κ3) is 2.31. The van der Waals surface area contributed by atoms with Crippen molar-refractivity contribution in [2.45, 2.75) is 12.2 Å². The highest BCUT2D eigenvalue weighted by molar-refractivity contribution is 5.77. The van der Waals surface area contributed by atoms with Crippen molar-refractivity contribution < 1.29 is 17.6 Å². The van der Waals surface area contributed by atoms with E-state index in [-0.39, 0.29) is 11.1 Å². The van der Waals surface area contributed by atoms with E-state index in [2.05, 4.69) is 0 Å². The molecule has 0 amide bonds. The first-order valence-electron chi connectivity index (χ1n) is 4.74. The van der Waals surface area contributed by atoms with Crippen LogP contribution in [0.25, 0.3) is 11.0 Å². The Hall–Kier alpha value is -1.82. The van der Waals surface area contributed by atoms with Crippen molar-refractivity contribution in [1.29, 1.82) is 0 Å². The van der Waals surface area contributed by atoms with Crippen molar-refractivity contribution in [3.8, 4) is 0 Å². The van der Waals surface area contributed by atoms with Crippen LogP contribution in [0.15, 0.2) is 39.5 Å². The van der Waals surface area contributed by atoms with Crippen LogP contribution in [0, 0.1) is 0 Å². The lowest BCUT2D eigenvalue weighted by molar-refractivity contribution is -0.149. The van der Waals surface area contributed by atoms with Gasteiger partial charge in [0.1, 0.15) is 11.6 Å². The van der Waals surface area contributed by atoms with E-state index in [0.29, 0.717) is 5.39 Å². The minimum atomic E-state index is -4.50. The van der Waals surface area contributed by atoms with E-state index in [9.17, 15) is 18.0 Å². The molecule has 0 bridgehead atoms. The summed E-state index contributed by atoms with van der Waals surface area (Å²) in [6.45, 7) is 0. The summed E-state index contributed by atoms with van der Waals surface area (Å²) in [5.74, 6) is 0. The molecule has 1 aromatic heterocycles. The molecule has 0 radical (unpaired) electrons. The number of hydrogen-bond acceptors (Lipinski definition) is 3. The van der Waals surface area contributed by atoms with E-state index in [1.807, 2.05) is 0 Å². The van der Waals surface area contributed by atoms with Gasteiger partial charge in [-0.3, -0.25) is 0 Å². The van der Waals surface area contributed by atoms with Gasteiger partial charge in [0.15, 0.2) is 0 Å². The first-order valence-corrected chi connectivity index (χ1v) is 4.74. The second-order valence-corrected chi connectivity index (χ2v) is 3.57. The first-order chi connectivity index (χ1) is 7.88. The molecule has 17 heavy (non-hydrogen) atoms. The van der Waals surface area contributed by atoms with Crippen molar-refractivity contribution >= 4 is 11.0 Å². The highest BCUT2D eigenvalue weighted by Crippen LogP contribution is 2.31. The standard InChI is InChI=1S/C11H8F3NO2/c12-11(13,14)10(15)7-1-3-8-6(5-7)2-4-9(16)17-8/h1-5,10H,15H2/t10-/m1/s1. The number of alkyl halides is 3. The minimum Gasteiger partial charge on any atom is -0.423 e. The molecule has 3 nitrogen and oxygen atoms in total. The molecule has 0 saturated heterocycles. The normalized spacial score (nSPS) is 13.9. The van der Waals surface area contributed by atoms with Crippen LogP contribution in [0.3, 0.4) is 0 Å². The summed E-state index contributed by atoms with van der Waals surface area (Å²) in [6, 6.07) is 4.26. The predicted octanol–water partition coefficient (Wildman–Crippen LogP) is 2.36. The zero-order valence-electron chi connectivity index (χ0n) is 8.49. The topological polar surface area (TPSA) is 56.2 Å². The quantitative estimate of drug-likeness (QED) is 0.782. The van der Waals surface area contributed by atoms with Gasteiger partial charge in [0, 0.05) is 11.5 Å². The third-order valence-electron chi connectivity index (χ3n) is 2.36. The van der Waals surface area contributed by atoms with Gasteiger partial charge in [-0.05, 0) is 23.8 Å². The third-order valence-corrected chi connectivity index (χ3v) is 2.36. The van der Waals surface area contributed by atoms with E-state index in [1.54, 1.807) is 0 Å². The van der Waals surface area contributed by atoms with E-state index in [1.165, 1.54) is 24.3 Å². The smallest absolute Gasteiger partial charge is 0.407 e. The Balaban J connectivity index is 2.52. The molecule has 0 unspecified atom stereocenters. The van der Waals surface area contributed by atoms with Crippen molar-refractivity contribution in [1.82, 2.24) is 0 Å². The van der Waals surface area contributed by atoms with Crippen molar-refractivity contribution in [3.05, 3.63) is 46.3 Å². The largest absolute Gasteiger partial charge is 0.423 e. The van der Waals surface area contributed by atoms with E-state index < -0.39 is 17.8 Å². The molecule has 0 spiro atoms. The molecule has 0 aliphatic heterocycles. The lowest BCUT2D eigenvalue weighted by atomic mass is 10.1.